The van der Waals surface area contributed by atoms with Gasteiger partial charge in [-0.3, -0.25) is 14.9 Å². The Kier molecular flexibility index (Phi) is 3.81. The minimum absolute atomic E-state index is 0.0729. The third kappa shape index (κ3) is 2.67. The molecule has 112 valence electrons. The average Bonchev–Trinajstić information content (AvgIpc) is 2.53. The quantitative estimate of drug-likeness (QED) is 0.606. The lowest BCUT2D eigenvalue weighted by atomic mass is 10.1. The van der Waals surface area contributed by atoms with Crippen molar-refractivity contribution in [3.63, 3.8) is 0 Å². The maximum absolute atomic E-state index is 12.7. The van der Waals surface area contributed by atoms with Gasteiger partial charge in [-0.2, -0.15) is 0 Å². The van der Waals surface area contributed by atoms with Gasteiger partial charge in [0.05, 0.1) is 17.2 Å². The van der Waals surface area contributed by atoms with Crippen LogP contribution in [0.1, 0.15) is 10.4 Å². The molecule has 1 aliphatic rings. The summed E-state index contributed by atoms with van der Waals surface area (Å²) in [6.07, 6.45) is 0. The first-order valence-corrected chi connectivity index (χ1v) is 7.34. The number of hydrogen-bond donors (Lipinski definition) is 0. The Balaban J connectivity index is 2.02. The highest BCUT2D eigenvalue weighted by molar-refractivity contribution is 9.10. The number of halogens is 1. The largest absolute Gasteiger partial charge is 0.490 e. The van der Waals surface area contributed by atoms with E-state index in [1.54, 1.807) is 18.2 Å². The molecule has 0 unspecified atom stereocenters. The number of non-ortho nitro benzene ring substituents is 1. The van der Waals surface area contributed by atoms with Crippen LogP contribution in [0.2, 0.25) is 0 Å². The van der Waals surface area contributed by atoms with Crippen LogP contribution in [0.15, 0.2) is 46.9 Å². The van der Waals surface area contributed by atoms with Crippen molar-refractivity contribution < 1.29 is 14.5 Å². The lowest BCUT2D eigenvalue weighted by Crippen LogP contribution is -2.38. The molecular weight excluding hydrogens is 352 g/mol. The highest BCUT2D eigenvalue weighted by Gasteiger charge is 2.26. The van der Waals surface area contributed by atoms with E-state index in [4.69, 9.17) is 4.74 Å². The van der Waals surface area contributed by atoms with E-state index < -0.39 is 4.92 Å². The van der Waals surface area contributed by atoms with E-state index in [2.05, 4.69) is 15.9 Å². The molecule has 2 aromatic carbocycles. The maximum Gasteiger partial charge on any atom is 0.271 e. The Hall–Kier alpha value is -2.41. The van der Waals surface area contributed by atoms with Crippen molar-refractivity contribution in [1.29, 1.82) is 0 Å². The number of fused-ring (bicyclic) bond motifs is 1. The maximum atomic E-state index is 12.7. The molecule has 1 aliphatic heterocycles. The van der Waals surface area contributed by atoms with E-state index in [0.29, 0.717) is 30.2 Å². The monoisotopic (exact) mass is 362 g/mol. The number of hydrogen-bond acceptors (Lipinski definition) is 4. The fraction of sp³-hybridized carbons (Fsp3) is 0.133. The molecule has 7 heteroatoms. The van der Waals surface area contributed by atoms with Crippen molar-refractivity contribution in [2.24, 2.45) is 0 Å². The first kappa shape index (κ1) is 14.5. The minimum atomic E-state index is -0.489. The fourth-order valence-corrected chi connectivity index (χ4v) is 2.71. The van der Waals surface area contributed by atoms with Crippen molar-refractivity contribution in [2.45, 2.75) is 0 Å². The van der Waals surface area contributed by atoms with Crippen LogP contribution >= 0.6 is 15.9 Å². The number of rotatable bonds is 2. The van der Waals surface area contributed by atoms with E-state index in [1.165, 1.54) is 23.1 Å². The molecule has 0 N–H and O–H groups in total. The van der Waals surface area contributed by atoms with Crippen LogP contribution < -0.4 is 9.64 Å². The standard InChI is InChI=1S/C15H11BrN2O4/c16-11-3-1-2-10(8-11)15(19)17-6-7-22-14-5-4-12(18(20)21)9-13(14)17/h1-5,8-9H,6-7H2. The second kappa shape index (κ2) is 5.76. The zero-order valence-electron chi connectivity index (χ0n) is 11.4. The molecule has 2 aromatic rings. The number of carbonyl (C=O) groups excluding carboxylic acids is 1. The van der Waals surface area contributed by atoms with E-state index in [1.807, 2.05) is 6.07 Å². The molecule has 0 aliphatic carbocycles. The van der Waals surface area contributed by atoms with Crippen LogP contribution in [0, 0.1) is 10.1 Å². The zero-order valence-corrected chi connectivity index (χ0v) is 12.9. The summed E-state index contributed by atoms with van der Waals surface area (Å²) in [5.41, 5.74) is 0.857. The first-order valence-electron chi connectivity index (χ1n) is 6.55. The molecule has 22 heavy (non-hydrogen) atoms. The van der Waals surface area contributed by atoms with Gasteiger partial charge < -0.3 is 9.64 Å². The molecule has 0 saturated heterocycles. The van der Waals surface area contributed by atoms with Gasteiger partial charge in [0.15, 0.2) is 0 Å². The smallest absolute Gasteiger partial charge is 0.271 e. The summed E-state index contributed by atoms with van der Waals surface area (Å²) >= 11 is 3.33. The molecule has 0 aromatic heterocycles. The minimum Gasteiger partial charge on any atom is -0.490 e. The van der Waals surface area contributed by atoms with Gasteiger partial charge in [0.1, 0.15) is 12.4 Å². The van der Waals surface area contributed by atoms with Crippen molar-refractivity contribution in [3.8, 4) is 5.75 Å². The van der Waals surface area contributed by atoms with Gasteiger partial charge in [0, 0.05) is 22.2 Å². The number of nitro groups is 1. The second-order valence-corrected chi connectivity index (χ2v) is 5.64. The molecule has 0 atom stereocenters. The summed E-state index contributed by atoms with van der Waals surface area (Å²) in [6.45, 7) is 0.698. The third-order valence-electron chi connectivity index (χ3n) is 3.33. The SMILES string of the molecule is O=C(c1cccc(Br)c1)N1CCOc2ccc([N+](=O)[O-])cc21. The Morgan fingerprint density at radius 3 is 2.82 bits per heavy atom. The van der Waals surface area contributed by atoms with Gasteiger partial charge in [-0.25, -0.2) is 0 Å². The highest BCUT2D eigenvalue weighted by Crippen LogP contribution is 2.35. The fourth-order valence-electron chi connectivity index (χ4n) is 2.31. The molecule has 3 rings (SSSR count). The molecule has 0 radical (unpaired) electrons. The van der Waals surface area contributed by atoms with Crippen molar-refractivity contribution in [2.75, 3.05) is 18.1 Å². The van der Waals surface area contributed by atoms with Crippen LogP contribution in [0.5, 0.6) is 5.75 Å². The van der Waals surface area contributed by atoms with Crippen LogP contribution in [0.4, 0.5) is 11.4 Å². The average molecular weight is 363 g/mol. The Labute approximate surface area is 134 Å². The summed E-state index contributed by atoms with van der Waals surface area (Å²) in [7, 11) is 0. The van der Waals surface area contributed by atoms with Gasteiger partial charge in [-0.1, -0.05) is 22.0 Å². The van der Waals surface area contributed by atoms with E-state index in [-0.39, 0.29) is 11.6 Å². The Morgan fingerprint density at radius 2 is 2.09 bits per heavy atom. The van der Waals surface area contributed by atoms with Gasteiger partial charge in [0.25, 0.3) is 11.6 Å². The molecule has 6 nitrogen and oxygen atoms in total. The van der Waals surface area contributed by atoms with Crippen LogP contribution in [0.3, 0.4) is 0 Å². The molecule has 1 amide bonds. The van der Waals surface area contributed by atoms with Gasteiger partial charge in [-0.15, -0.1) is 0 Å². The lowest BCUT2D eigenvalue weighted by Gasteiger charge is -2.29. The molecule has 0 spiro atoms. The molecule has 1 heterocycles. The highest BCUT2D eigenvalue weighted by atomic mass is 79.9. The lowest BCUT2D eigenvalue weighted by molar-refractivity contribution is -0.384. The van der Waals surface area contributed by atoms with Crippen LogP contribution in [0.25, 0.3) is 0 Å². The van der Waals surface area contributed by atoms with E-state index in [0.717, 1.165) is 4.47 Å². The predicted octanol–water partition coefficient (Wildman–Crippen LogP) is 3.40. The number of nitro benzene ring substituents is 1. The van der Waals surface area contributed by atoms with Crippen LogP contribution in [-0.4, -0.2) is 24.0 Å². The Morgan fingerprint density at radius 1 is 1.27 bits per heavy atom. The van der Waals surface area contributed by atoms with Gasteiger partial charge in [-0.05, 0) is 24.3 Å². The van der Waals surface area contributed by atoms with Gasteiger partial charge in [0.2, 0.25) is 0 Å². The van der Waals surface area contributed by atoms with Crippen molar-refractivity contribution in [3.05, 3.63) is 62.6 Å². The summed E-state index contributed by atoms with van der Waals surface area (Å²) in [5.74, 6) is 0.256. The summed E-state index contributed by atoms with van der Waals surface area (Å²) < 4.78 is 6.27. The van der Waals surface area contributed by atoms with Gasteiger partial charge >= 0.3 is 0 Å². The zero-order chi connectivity index (χ0) is 15.7. The third-order valence-corrected chi connectivity index (χ3v) is 3.83. The van der Waals surface area contributed by atoms with Crippen LogP contribution in [-0.2, 0) is 0 Å². The van der Waals surface area contributed by atoms with E-state index in [9.17, 15) is 14.9 Å². The topological polar surface area (TPSA) is 72.7 Å². The molecule has 0 saturated carbocycles. The number of amides is 1. The molecular formula is C15H11BrN2O4. The number of benzene rings is 2. The normalized spacial score (nSPS) is 13.2. The predicted molar refractivity (Wildman–Crippen MR) is 84.4 cm³/mol. The number of nitrogens with zero attached hydrogens (tertiary/aromatic N) is 2. The summed E-state index contributed by atoms with van der Waals surface area (Å²) in [6, 6.07) is 11.3. The molecule has 0 bridgehead atoms. The first-order chi connectivity index (χ1) is 10.6. The number of carbonyl (C=O) groups is 1. The van der Waals surface area contributed by atoms with Crippen molar-refractivity contribution in [1.82, 2.24) is 0 Å². The summed E-state index contributed by atoms with van der Waals surface area (Å²) in [4.78, 5) is 24.6. The second-order valence-electron chi connectivity index (χ2n) is 4.72. The summed E-state index contributed by atoms with van der Waals surface area (Å²) in [5, 5.41) is 10.9. The van der Waals surface area contributed by atoms with E-state index >= 15 is 0 Å². The Bertz CT molecular complexity index is 763. The molecule has 0 fully saturated rings. The van der Waals surface area contributed by atoms with Crippen molar-refractivity contribution >= 4 is 33.2 Å². The number of anilines is 1. The number of ether oxygens (including phenoxy) is 1.